The van der Waals surface area contributed by atoms with Crippen molar-refractivity contribution in [2.75, 3.05) is 26.7 Å². The zero-order chi connectivity index (χ0) is 15.1. The highest BCUT2D eigenvalue weighted by molar-refractivity contribution is 5.78. The van der Waals surface area contributed by atoms with Gasteiger partial charge < -0.3 is 15.5 Å². The van der Waals surface area contributed by atoms with Gasteiger partial charge in [0.25, 0.3) is 0 Å². The van der Waals surface area contributed by atoms with Crippen LogP contribution >= 0.6 is 0 Å². The summed E-state index contributed by atoms with van der Waals surface area (Å²) >= 11 is 0. The first-order chi connectivity index (χ1) is 10.1. The molecule has 1 aliphatic rings. The summed E-state index contributed by atoms with van der Waals surface area (Å²) in [6.45, 7) is 5.53. The van der Waals surface area contributed by atoms with E-state index in [9.17, 15) is 4.79 Å². The molecule has 2 N–H and O–H groups in total. The molecular weight excluding hydrogens is 262 g/mol. The van der Waals surface area contributed by atoms with Crippen molar-refractivity contribution in [3.05, 3.63) is 35.9 Å². The molecule has 116 valence electrons. The van der Waals surface area contributed by atoms with Crippen LogP contribution in [0.15, 0.2) is 30.3 Å². The maximum Gasteiger partial charge on any atom is 0.234 e. The summed E-state index contributed by atoms with van der Waals surface area (Å²) < 4.78 is 0. The summed E-state index contributed by atoms with van der Waals surface area (Å²) in [6.07, 6.45) is 2.44. The van der Waals surface area contributed by atoms with Crippen LogP contribution in [0.4, 0.5) is 0 Å². The molecule has 1 aliphatic heterocycles. The number of likely N-dealkylation sites (tertiary alicyclic amines) is 1. The average Bonchev–Trinajstić information content (AvgIpc) is 2.52. The standard InChI is InChI=1S/C17H27N3O/c1-14(16-8-10-20(2)11-9-16)18-13-17(21)19-12-15-6-4-3-5-7-15/h3-7,14,16,18H,8-13H2,1-2H3,(H,19,21). The van der Waals surface area contributed by atoms with E-state index in [2.05, 4.69) is 29.5 Å². The highest BCUT2D eigenvalue weighted by Crippen LogP contribution is 2.19. The highest BCUT2D eigenvalue weighted by atomic mass is 16.1. The molecule has 0 aromatic heterocycles. The lowest BCUT2D eigenvalue weighted by Gasteiger charge is -2.33. The zero-order valence-electron chi connectivity index (χ0n) is 13.1. The van der Waals surface area contributed by atoms with Crippen molar-refractivity contribution >= 4 is 5.91 Å². The van der Waals surface area contributed by atoms with Gasteiger partial charge in [0.2, 0.25) is 5.91 Å². The molecule has 0 aliphatic carbocycles. The second-order valence-corrected chi connectivity index (χ2v) is 6.07. The van der Waals surface area contributed by atoms with E-state index in [-0.39, 0.29) is 5.91 Å². The molecule has 1 heterocycles. The molecule has 21 heavy (non-hydrogen) atoms. The van der Waals surface area contributed by atoms with E-state index in [1.54, 1.807) is 0 Å². The van der Waals surface area contributed by atoms with Crippen LogP contribution in [0.3, 0.4) is 0 Å². The largest absolute Gasteiger partial charge is 0.351 e. The Morgan fingerprint density at radius 3 is 2.62 bits per heavy atom. The van der Waals surface area contributed by atoms with Gasteiger partial charge in [-0.3, -0.25) is 4.79 Å². The zero-order valence-corrected chi connectivity index (χ0v) is 13.1. The van der Waals surface area contributed by atoms with E-state index in [1.807, 2.05) is 30.3 Å². The van der Waals surface area contributed by atoms with Crippen molar-refractivity contribution in [3.63, 3.8) is 0 Å². The van der Waals surface area contributed by atoms with E-state index >= 15 is 0 Å². The van der Waals surface area contributed by atoms with Crippen LogP contribution in [-0.4, -0.2) is 43.5 Å². The van der Waals surface area contributed by atoms with E-state index in [4.69, 9.17) is 0 Å². The molecule has 1 aromatic rings. The highest BCUT2D eigenvalue weighted by Gasteiger charge is 2.22. The number of carbonyl (C=O) groups excluding carboxylic acids is 1. The number of nitrogens with one attached hydrogen (secondary N) is 2. The van der Waals surface area contributed by atoms with Gasteiger partial charge in [-0.1, -0.05) is 30.3 Å². The molecule has 0 bridgehead atoms. The summed E-state index contributed by atoms with van der Waals surface area (Å²) in [6, 6.07) is 10.4. The van der Waals surface area contributed by atoms with Crippen molar-refractivity contribution in [2.45, 2.75) is 32.4 Å². The lowest BCUT2D eigenvalue weighted by molar-refractivity contribution is -0.120. The second kappa shape index (κ2) is 8.15. The number of amides is 1. The first-order valence-electron chi connectivity index (χ1n) is 7.87. The van der Waals surface area contributed by atoms with E-state index in [1.165, 1.54) is 12.8 Å². The molecular formula is C17H27N3O. The molecule has 0 saturated carbocycles. The van der Waals surface area contributed by atoms with Crippen molar-refractivity contribution in [1.82, 2.24) is 15.5 Å². The fourth-order valence-corrected chi connectivity index (χ4v) is 2.81. The van der Waals surface area contributed by atoms with Gasteiger partial charge >= 0.3 is 0 Å². The van der Waals surface area contributed by atoms with Crippen LogP contribution in [0.25, 0.3) is 0 Å². The van der Waals surface area contributed by atoms with Gasteiger partial charge in [-0.2, -0.15) is 0 Å². The van der Waals surface area contributed by atoms with Gasteiger partial charge in [0.05, 0.1) is 6.54 Å². The first-order valence-corrected chi connectivity index (χ1v) is 7.87. The van der Waals surface area contributed by atoms with E-state index in [0.717, 1.165) is 18.7 Å². The number of hydrogen-bond acceptors (Lipinski definition) is 3. The van der Waals surface area contributed by atoms with Gasteiger partial charge in [-0.15, -0.1) is 0 Å². The average molecular weight is 289 g/mol. The lowest BCUT2D eigenvalue weighted by atomic mass is 9.90. The Hall–Kier alpha value is -1.39. The molecule has 1 unspecified atom stereocenters. The third-order valence-corrected chi connectivity index (χ3v) is 4.39. The predicted octanol–water partition coefficient (Wildman–Crippen LogP) is 1.62. The third kappa shape index (κ3) is 5.48. The Bertz CT molecular complexity index is 427. The summed E-state index contributed by atoms with van der Waals surface area (Å²) in [5.41, 5.74) is 1.13. The maximum absolute atomic E-state index is 11.9. The first kappa shape index (κ1) is 16.0. The summed E-state index contributed by atoms with van der Waals surface area (Å²) in [4.78, 5) is 14.2. The normalized spacial score (nSPS) is 18.4. The quantitative estimate of drug-likeness (QED) is 0.836. The topological polar surface area (TPSA) is 44.4 Å². The molecule has 1 aromatic carbocycles. The van der Waals surface area contributed by atoms with Crippen molar-refractivity contribution in [1.29, 1.82) is 0 Å². The molecule has 4 nitrogen and oxygen atoms in total. The summed E-state index contributed by atoms with van der Waals surface area (Å²) in [7, 11) is 2.17. The molecule has 1 saturated heterocycles. The van der Waals surface area contributed by atoms with Gasteiger partial charge in [0, 0.05) is 12.6 Å². The third-order valence-electron chi connectivity index (χ3n) is 4.39. The molecule has 4 heteroatoms. The summed E-state index contributed by atoms with van der Waals surface area (Å²) in [5.74, 6) is 0.752. The van der Waals surface area contributed by atoms with Gasteiger partial charge in [-0.25, -0.2) is 0 Å². The van der Waals surface area contributed by atoms with Gasteiger partial charge in [0.15, 0.2) is 0 Å². The maximum atomic E-state index is 11.9. The Morgan fingerprint density at radius 1 is 1.29 bits per heavy atom. The van der Waals surface area contributed by atoms with Gasteiger partial charge in [-0.05, 0) is 51.4 Å². The lowest BCUT2D eigenvalue weighted by Crippen LogP contribution is -2.44. The number of carbonyl (C=O) groups is 1. The molecule has 1 atom stereocenters. The number of hydrogen-bond donors (Lipinski definition) is 2. The fraction of sp³-hybridized carbons (Fsp3) is 0.588. The van der Waals surface area contributed by atoms with Crippen LogP contribution in [-0.2, 0) is 11.3 Å². The molecule has 0 spiro atoms. The number of benzene rings is 1. The van der Waals surface area contributed by atoms with E-state index < -0.39 is 0 Å². The van der Waals surface area contributed by atoms with Crippen molar-refractivity contribution in [3.8, 4) is 0 Å². The Balaban J connectivity index is 1.64. The molecule has 1 fully saturated rings. The SMILES string of the molecule is CC(NCC(=O)NCc1ccccc1)C1CCN(C)CC1. The number of nitrogens with zero attached hydrogens (tertiary/aromatic N) is 1. The number of rotatable bonds is 6. The monoisotopic (exact) mass is 289 g/mol. The van der Waals surface area contributed by atoms with E-state index in [0.29, 0.717) is 25.0 Å². The fourth-order valence-electron chi connectivity index (χ4n) is 2.81. The minimum atomic E-state index is 0.0682. The van der Waals surface area contributed by atoms with Crippen LogP contribution in [0.1, 0.15) is 25.3 Å². The minimum Gasteiger partial charge on any atom is -0.351 e. The van der Waals surface area contributed by atoms with Crippen LogP contribution in [0, 0.1) is 5.92 Å². The molecule has 0 radical (unpaired) electrons. The minimum absolute atomic E-state index is 0.0682. The summed E-state index contributed by atoms with van der Waals surface area (Å²) in [5, 5.41) is 6.33. The molecule has 1 amide bonds. The second-order valence-electron chi connectivity index (χ2n) is 6.07. The van der Waals surface area contributed by atoms with Crippen molar-refractivity contribution < 1.29 is 4.79 Å². The van der Waals surface area contributed by atoms with Crippen LogP contribution < -0.4 is 10.6 Å². The van der Waals surface area contributed by atoms with Crippen LogP contribution in [0.2, 0.25) is 0 Å². The Kier molecular flexibility index (Phi) is 6.21. The Morgan fingerprint density at radius 2 is 1.95 bits per heavy atom. The van der Waals surface area contributed by atoms with Crippen molar-refractivity contribution in [2.24, 2.45) is 5.92 Å². The number of piperidine rings is 1. The Labute approximate surface area is 127 Å². The molecule has 2 rings (SSSR count). The van der Waals surface area contributed by atoms with Crippen LogP contribution in [0.5, 0.6) is 0 Å². The smallest absolute Gasteiger partial charge is 0.234 e. The predicted molar refractivity (Wildman–Crippen MR) is 86.0 cm³/mol. The van der Waals surface area contributed by atoms with Gasteiger partial charge in [0.1, 0.15) is 0 Å².